The van der Waals surface area contributed by atoms with Gasteiger partial charge in [0.25, 0.3) is 11.8 Å². The maximum atomic E-state index is 13.6. The molecule has 0 radical (unpaired) electrons. The Labute approximate surface area is 231 Å². The maximum absolute atomic E-state index is 13.6. The summed E-state index contributed by atoms with van der Waals surface area (Å²) in [4.78, 5) is 40.3. The van der Waals surface area contributed by atoms with Gasteiger partial charge in [0, 0.05) is 24.2 Å². The first-order valence-corrected chi connectivity index (χ1v) is 13.0. The third kappa shape index (κ3) is 6.60. The molecule has 2 heterocycles. The third-order valence-corrected chi connectivity index (χ3v) is 6.60. The second kappa shape index (κ2) is 12.4. The fourth-order valence-corrected chi connectivity index (χ4v) is 4.50. The number of anilines is 3. The molecule has 0 aliphatic carbocycles. The zero-order valence-electron chi connectivity index (χ0n) is 22.7. The number of aromatic nitrogens is 1. The van der Waals surface area contributed by atoms with Crippen molar-refractivity contribution in [1.82, 2.24) is 10.3 Å². The van der Waals surface area contributed by atoms with Crippen molar-refractivity contribution in [2.75, 3.05) is 22.9 Å². The molecule has 40 heavy (non-hydrogen) atoms. The summed E-state index contributed by atoms with van der Waals surface area (Å²) >= 11 is 0. The minimum Gasteiger partial charge on any atom is -0.397 e. The second-order valence-corrected chi connectivity index (χ2v) is 9.71. The van der Waals surface area contributed by atoms with E-state index >= 15 is 0 Å². The Morgan fingerprint density at radius 1 is 1.07 bits per heavy atom. The molecule has 0 bridgehead atoms. The molecule has 0 unspecified atom stereocenters. The van der Waals surface area contributed by atoms with Crippen LogP contribution in [0, 0.1) is 26.6 Å². The average Bonchev–Trinajstić information content (AvgIpc) is 3.36. The molecule has 1 aromatic heterocycles. The molecular formula is C29H32FN7O3. The van der Waals surface area contributed by atoms with E-state index in [4.69, 9.17) is 5.73 Å². The zero-order chi connectivity index (χ0) is 28.8. The number of amides is 3. The summed E-state index contributed by atoms with van der Waals surface area (Å²) in [5, 5.41) is 16.4. The summed E-state index contributed by atoms with van der Waals surface area (Å²) in [5.41, 5.74) is 11.4. The van der Waals surface area contributed by atoms with Crippen LogP contribution >= 0.6 is 0 Å². The molecule has 11 heteroatoms. The van der Waals surface area contributed by atoms with Crippen LogP contribution in [0.15, 0.2) is 46.6 Å². The number of halogens is 1. The number of fused-ring (bicyclic) bond motifs is 1. The average molecular weight is 546 g/mol. The molecule has 3 aromatic rings. The highest BCUT2D eigenvalue weighted by Gasteiger charge is 2.26. The van der Waals surface area contributed by atoms with Gasteiger partial charge in [0.05, 0.1) is 34.5 Å². The summed E-state index contributed by atoms with van der Waals surface area (Å²) in [7, 11) is 0. The van der Waals surface area contributed by atoms with Gasteiger partial charge in [-0.2, -0.15) is 5.10 Å². The number of H-pyrrole nitrogens is 1. The fraction of sp³-hybridized carbons (Fsp3) is 0.276. The molecule has 0 saturated carbocycles. The van der Waals surface area contributed by atoms with Crippen LogP contribution in [-0.2, 0) is 9.59 Å². The minimum atomic E-state index is -0.479. The number of nitrogens with one attached hydrogen (secondary N) is 4. The van der Waals surface area contributed by atoms with Crippen molar-refractivity contribution in [2.45, 2.75) is 46.5 Å². The van der Waals surface area contributed by atoms with Gasteiger partial charge < -0.3 is 26.7 Å². The molecular weight excluding hydrogens is 513 g/mol. The van der Waals surface area contributed by atoms with Gasteiger partial charge in [0.15, 0.2) is 5.71 Å². The number of carbonyl (C=O) groups is 3. The SMILES string of the molecule is Cc1ccc(NC(=O)CCCCCNC(=O)c2c(C)[nH]c(/C=N/N=C3\C(=O)Nc4ccc(F)cc43)c2C)c(N)c1. The van der Waals surface area contributed by atoms with E-state index < -0.39 is 11.7 Å². The number of carbonyl (C=O) groups excluding carboxylic acids is 3. The number of aromatic amines is 1. The Bertz CT molecular complexity index is 1520. The Morgan fingerprint density at radius 2 is 1.88 bits per heavy atom. The van der Waals surface area contributed by atoms with E-state index in [1.807, 2.05) is 19.1 Å². The van der Waals surface area contributed by atoms with Crippen LogP contribution in [-0.4, -0.2) is 41.2 Å². The summed E-state index contributed by atoms with van der Waals surface area (Å²) in [6.45, 7) is 5.98. The maximum Gasteiger partial charge on any atom is 0.276 e. The second-order valence-electron chi connectivity index (χ2n) is 9.71. The lowest BCUT2D eigenvalue weighted by Crippen LogP contribution is -2.25. The molecule has 2 aromatic carbocycles. The van der Waals surface area contributed by atoms with E-state index in [1.54, 1.807) is 19.9 Å². The first-order chi connectivity index (χ1) is 19.1. The lowest BCUT2D eigenvalue weighted by molar-refractivity contribution is -0.116. The zero-order valence-corrected chi connectivity index (χ0v) is 22.7. The number of benzene rings is 2. The number of rotatable bonds is 10. The molecule has 1 aliphatic heterocycles. The van der Waals surface area contributed by atoms with Gasteiger partial charge in [0.1, 0.15) is 5.82 Å². The first-order valence-electron chi connectivity index (χ1n) is 13.0. The summed E-state index contributed by atoms with van der Waals surface area (Å²) in [6.07, 6.45) is 3.98. The molecule has 1 aliphatic rings. The first kappa shape index (κ1) is 28.2. The molecule has 6 N–H and O–H groups in total. The highest BCUT2D eigenvalue weighted by atomic mass is 19.1. The monoisotopic (exact) mass is 545 g/mol. The highest BCUT2D eigenvalue weighted by Crippen LogP contribution is 2.24. The van der Waals surface area contributed by atoms with Gasteiger partial charge in [0.2, 0.25) is 5.91 Å². The molecule has 0 spiro atoms. The number of hydrogen-bond acceptors (Lipinski definition) is 6. The van der Waals surface area contributed by atoms with Gasteiger partial charge in [-0.05, 0) is 75.1 Å². The van der Waals surface area contributed by atoms with Crippen LogP contribution in [0.4, 0.5) is 21.5 Å². The molecule has 0 atom stereocenters. The molecule has 10 nitrogen and oxygen atoms in total. The van der Waals surface area contributed by atoms with Gasteiger partial charge in [-0.15, -0.1) is 5.10 Å². The lowest BCUT2D eigenvalue weighted by Gasteiger charge is -2.09. The predicted molar refractivity (Wildman–Crippen MR) is 154 cm³/mol. The minimum absolute atomic E-state index is 0.0152. The van der Waals surface area contributed by atoms with E-state index in [0.717, 1.165) is 18.4 Å². The molecule has 3 amide bonds. The Morgan fingerprint density at radius 3 is 2.65 bits per heavy atom. The van der Waals surface area contributed by atoms with E-state index in [2.05, 4.69) is 31.1 Å². The van der Waals surface area contributed by atoms with Crippen molar-refractivity contribution < 1.29 is 18.8 Å². The van der Waals surface area contributed by atoms with Crippen LogP contribution < -0.4 is 21.7 Å². The van der Waals surface area contributed by atoms with Gasteiger partial charge in [-0.3, -0.25) is 14.4 Å². The normalized spacial score (nSPS) is 13.5. The van der Waals surface area contributed by atoms with Crippen molar-refractivity contribution in [3.63, 3.8) is 0 Å². The summed E-state index contributed by atoms with van der Waals surface area (Å²) < 4.78 is 13.6. The summed E-state index contributed by atoms with van der Waals surface area (Å²) in [6, 6.07) is 9.46. The quantitative estimate of drug-likeness (QED) is 0.111. The number of hydrogen-bond donors (Lipinski definition) is 5. The summed E-state index contributed by atoms with van der Waals surface area (Å²) in [5.74, 6) is -1.26. The van der Waals surface area contributed by atoms with E-state index in [1.165, 1.54) is 24.4 Å². The number of unbranched alkanes of at least 4 members (excludes halogenated alkanes) is 2. The molecule has 208 valence electrons. The molecule has 0 fully saturated rings. The van der Waals surface area contributed by atoms with Crippen LogP contribution in [0.1, 0.15) is 64.1 Å². The topological polar surface area (TPSA) is 154 Å². The van der Waals surface area contributed by atoms with Crippen LogP contribution in [0.3, 0.4) is 0 Å². The molecule has 0 saturated heterocycles. The van der Waals surface area contributed by atoms with E-state index in [9.17, 15) is 18.8 Å². The van der Waals surface area contributed by atoms with Gasteiger partial charge >= 0.3 is 0 Å². The van der Waals surface area contributed by atoms with Crippen molar-refractivity contribution in [2.24, 2.45) is 10.2 Å². The van der Waals surface area contributed by atoms with Crippen LogP contribution in [0.5, 0.6) is 0 Å². The number of nitrogen functional groups attached to an aromatic ring is 1. The van der Waals surface area contributed by atoms with Crippen molar-refractivity contribution >= 4 is 46.7 Å². The Balaban J connectivity index is 1.25. The fourth-order valence-electron chi connectivity index (χ4n) is 4.50. The van der Waals surface area contributed by atoms with Crippen LogP contribution in [0.25, 0.3) is 0 Å². The van der Waals surface area contributed by atoms with Crippen molar-refractivity contribution in [3.05, 3.63) is 75.9 Å². The highest BCUT2D eigenvalue weighted by molar-refractivity contribution is 6.53. The number of nitrogens with zero attached hydrogens (tertiary/aromatic N) is 2. The Kier molecular flexibility index (Phi) is 8.73. The van der Waals surface area contributed by atoms with Gasteiger partial charge in [-0.1, -0.05) is 12.5 Å². The van der Waals surface area contributed by atoms with E-state index in [-0.39, 0.29) is 17.5 Å². The van der Waals surface area contributed by atoms with E-state index in [0.29, 0.717) is 64.5 Å². The standard InChI is InChI=1S/C29H32FN7O3/c1-16-8-10-23(21(31)13-16)35-25(38)7-5-4-6-12-32-28(39)26-17(2)24(34-18(26)3)15-33-37-27-20-14-19(30)9-11-22(20)36-29(27)40/h8-11,13-15,34H,4-7,12,31H2,1-3H3,(H,32,39)(H,35,38)(H,36,37,40)/b33-15+. The largest absolute Gasteiger partial charge is 0.397 e. The Hall–Kier alpha value is -4.80. The third-order valence-electron chi connectivity index (χ3n) is 6.60. The number of nitrogens with two attached hydrogens (primary N) is 1. The van der Waals surface area contributed by atoms with Crippen molar-refractivity contribution in [3.8, 4) is 0 Å². The predicted octanol–water partition coefficient (Wildman–Crippen LogP) is 4.37. The lowest BCUT2D eigenvalue weighted by atomic mass is 10.1. The number of aryl methyl sites for hydroxylation is 2. The van der Waals surface area contributed by atoms with Crippen LogP contribution in [0.2, 0.25) is 0 Å². The smallest absolute Gasteiger partial charge is 0.276 e. The molecule has 4 rings (SSSR count). The van der Waals surface area contributed by atoms with Gasteiger partial charge in [-0.25, -0.2) is 4.39 Å². The van der Waals surface area contributed by atoms with Crippen molar-refractivity contribution in [1.29, 1.82) is 0 Å².